The first-order valence-corrected chi connectivity index (χ1v) is 9.60. The van der Waals surface area contributed by atoms with E-state index in [2.05, 4.69) is 28.3 Å². The molecule has 3 aromatic carbocycles. The number of hydrogen-bond acceptors (Lipinski definition) is 3. The molecular formula is C26H17IrN3O-2. The van der Waals surface area contributed by atoms with Crippen LogP contribution in [0.25, 0.3) is 38.9 Å². The zero-order valence-electron chi connectivity index (χ0n) is 16.4. The molecule has 0 aliphatic rings. The van der Waals surface area contributed by atoms with Gasteiger partial charge in [-0.15, -0.1) is 35.9 Å². The molecule has 0 saturated carbocycles. The molecule has 0 aliphatic carbocycles. The summed E-state index contributed by atoms with van der Waals surface area (Å²) in [4.78, 5) is 4.22. The van der Waals surface area contributed by atoms with Gasteiger partial charge in [0.05, 0.1) is 0 Å². The molecule has 0 amide bonds. The molecule has 0 aliphatic heterocycles. The third-order valence-electron chi connectivity index (χ3n) is 4.70. The van der Waals surface area contributed by atoms with Crippen molar-refractivity contribution in [3.05, 3.63) is 116 Å². The van der Waals surface area contributed by atoms with Crippen LogP contribution >= 0.6 is 0 Å². The van der Waals surface area contributed by atoms with Crippen molar-refractivity contribution in [3.63, 3.8) is 0 Å². The van der Waals surface area contributed by atoms with Crippen LogP contribution in [0.1, 0.15) is 0 Å². The van der Waals surface area contributed by atoms with Crippen molar-refractivity contribution in [3.8, 4) is 16.9 Å². The van der Waals surface area contributed by atoms with Crippen molar-refractivity contribution in [2.75, 3.05) is 0 Å². The average molecular weight is 580 g/mol. The molecule has 4 nitrogen and oxygen atoms in total. The predicted octanol–water partition coefficient (Wildman–Crippen LogP) is 6.12. The summed E-state index contributed by atoms with van der Waals surface area (Å²) in [5, 5.41) is 6.44. The Kier molecular flexibility index (Phi) is 6.37. The van der Waals surface area contributed by atoms with E-state index in [1.165, 1.54) is 0 Å². The van der Waals surface area contributed by atoms with Gasteiger partial charge in [0.15, 0.2) is 0 Å². The fourth-order valence-corrected chi connectivity index (χ4v) is 3.32. The molecule has 3 heterocycles. The number of pyridine rings is 1. The van der Waals surface area contributed by atoms with E-state index in [9.17, 15) is 0 Å². The minimum absolute atomic E-state index is 0. The molecule has 5 heteroatoms. The molecule has 3 aromatic heterocycles. The summed E-state index contributed by atoms with van der Waals surface area (Å²) in [6.07, 6.45) is 5.42. The van der Waals surface area contributed by atoms with Crippen LogP contribution in [0.2, 0.25) is 0 Å². The minimum Gasteiger partial charge on any atom is -0.513 e. The SMILES string of the molecule is [Ir].[c-]1ccc2c(oc3ccccc32)c1-n1cccn1.[c-]1ccccc1-c1ccccn1. The molecule has 0 bridgehead atoms. The number of rotatable bonds is 2. The van der Waals surface area contributed by atoms with Gasteiger partial charge >= 0.3 is 0 Å². The number of nitrogens with zero attached hydrogens (tertiary/aromatic N) is 3. The van der Waals surface area contributed by atoms with Crippen molar-refractivity contribution in [1.82, 2.24) is 14.8 Å². The van der Waals surface area contributed by atoms with Gasteiger partial charge in [-0.3, -0.25) is 4.68 Å². The third kappa shape index (κ3) is 4.33. The molecule has 1 radical (unpaired) electrons. The summed E-state index contributed by atoms with van der Waals surface area (Å²) in [5.74, 6) is 0. The molecule has 31 heavy (non-hydrogen) atoms. The molecular weight excluding hydrogens is 563 g/mol. The van der Waals surface area contributed by atoms with Gasteiger partial charge in [0.25, 0.3) is 0 Å². The Morgan fingerprint density at radius 2 is 1.61 bits per heavy atom. The Hall–Kier alpha value is -3.53. The molecule has 6 rings (SSSR count). The van der Waals surface area contributed by atoms with Gasteiger partial charge in [-0.1, -0.05) is 35.7 Å². The first kappa shape index (κ1) is 20.7. The monoisotopic (exact) mass is 580 g/mol. The van der Waals surface area contributed by atoms with Crippen LogP contribution in [0.3, 0.4) is 0 Å². The Morgan fingerprint density at radius 1 is 0.742 bits per heavy atom. The van der Waals surface area contributed by atoms with E-state index < -0.39 is 0 Å². The van der Waals surface area contributed by atoms with E-state index >= 15 is 0 Å². The van der Waals surface area contributed by atoms with Crippen LogP contribution in [0.4, 0.5) is 0 Å². The van der Waals surface area contributed by atoms with E-state index in [4.69, 9.17) is 4.42 Å². The summed E-state index contributed by atoms with van der Waals surface area (Å²) in [7, 11) is 0. The number of aromatic nitrogens is 3. The summed E-state index contributed by atoms with van der Waals surface area (Å²) >= 11 is 0. The van der Waals surface area contributed by atoms with E-state index in [0.29, 0.717) is 0 Å². The summed E-state index contributed by atoms with van der Waals surface area (Å²) in [6, 6.07) is 33.8. The second kappa shape index (κ2) is 9.52. The Morgan fingerprint density at radius 3 is 2.39 bits per heavy atom. The molecule has 0 saturated heterocycles. The number of para-hydroxylation sites is 1. The van der Waals surface area contributed by atoms with Crippen LogP contribution in [0, 0.1) is 12.1 Å². The Labute approximate surface area is 193 Å². The fraction of sp³-hybridized carbons (Fsp3) is 0. The van der Waals surface area contributed by atoms with Gasteiger partial charge in [0.1, 0.15) is 5.58 Å². The van der Waals surface area contributed by atoms with Gasteiger partial charge < -0.3 is 9.40 Å². The number of hydrogen-bond donors (Lipinski definition) is 0. The van der Waals surface area contributed by atoms with E-state index in [0.717, 1.165) is 38.9 Å². The summed E-state index contributed by atoms with van der Waals surface area (Å²) in [6.45, 7) is 0. The maximum Gasteiger partial charge on any atom is 0.116 e. The number of fused-ring (bicyclic) bond motifs is 3. The fourth-order valence-electron chi connectivity index (χ4n) is 3.32. The Balaban J connectivity index is 0.000000156. The molecule has 0 spiro atoms. The molecule has 153 valence electrons. The topological polar surface area (TPSA) is 43.9 Å². The first-order chi connectivity index (χ1) is 14.9. The van der Waals surface area contributed by atoms with E-state index in [1.54, 1.807) is 17.1 Å². The van der Waals surface area contributed by atoms with Crippen LogP contribution in [-0.4, -0.2) is 14.8 Å². The van der Waals surface area contributed by atoms with Crippen molar-refractivity contribution >= 4 is 21.9 Å². The maximum absolute atomic E-state index is 5.92. The largest absolute Gasteiger partial charge is 0.513 e. The number of furan rings is 1. The second-order valence-corrected chi connectivity index (χ2v) is 6.61. The molecule has 0 unspecified atom stereocenters. The molecule has 0 fully saturated rings. The first-order valence-electron chi connectivity index (χ1n) is 9.60. The zero-order chi connectivity index (χ0) is 20.2. The van der Waals surface area contributed by atoms with Gasteiger partial charge in [-0.2, -0.15) is 23.3 Å². The quantitative estimate of drug-likeness (QED) is 0.232. The normalized spacial score (nSPS) is 10.3. The minimum atomic E-state index is 0. The standard InChI is InChI=1S/C15H9N2O.C11H8N.Ir/c1-2-8-14-11(5-1)12-6-3-7-13(15(12)18-14)17-10-4-9-16-17;1-2-6-10(7-3-1)11-8-4-5-9-12-11;/h1-6,8-10H;1-6,8-9H;/q2*-1;. The van der Waals surface area contributed by atoms with Crippen molar-refractivity contribution in [2.24, 2.45) is 0 Å². The predicted molar refractivity (Wildman–Crippen MR) is 118 cm³/mol. The third-order valence-corrected chi connectivity index (χ3v) is 4.70. The second-order valence-electron chi connectivity index (χ2n) is 6.61. The van der Waals surface area contributed by atoms with E-state index in [1.807, 2.05) is 85.1 Å². The van der Waals surface area contributed by atoms with Crippen molar-refractivity contribution in [2.45, 2.75) is 0 Å². The molecule has 0 atom stereocenters. The van der Waals surface area contributed by atoms with Crippen LogP contribution < -0.4 is 0 Å². The zero-order valence-corrected chi connectivity index (χ0v) is 18.8. The van der Waals surface area contributed by atoms with Crippen LogP contribution in [0.5, 0.6) is 0 Å². The van der Waals surface area contributed by atoms with Gasteiger partial charge in [-0.25, -0.2) is 0 Å². The Bertz CT molecular complexity index is 1340. The molecule has 0 N–H and O–H groups in total. The van der Waals surface area contributed by atoms with Gasteiger partial charge in [-0.05, 0) is 29.6 Å². The molecule has 6 aromatic rings. The van der Waals surface area contributed by atoms with Crippen molar-refractivity contribution in [1.29, 1.82) is 0 Å². The van der Waals surface area contributed by atoms with Crippen LogP contribution in [0.15, 0.2) is 108 Å². The smallest absolute Gasteiger partial charge is 0.116 e. The average Bonchev–Trinajstić information content (AvgIpc) is 3.49. The summed E-state index contributed by atoms with van der Waals surface area (Å²) < 4.78 is 7.68. The van der Waals surface area contributed by atoms with Crippen LogP contribution in [-0.2, 0) is 20.1 Å². The maximum atomic E-state index is 5.92. The van der Waals surface area contributed by atoms with Gasteiger partial charge in [0, 0.05) is 49.7 Å². The van der Waals surface area contributed by atoms with Crippen molar-refractivity contribution < 1.29 is 24.5 Å². The van der Waals surface area contributed by atoms with Gasteiger partial charge in [0.2, 0.25) is 0 Å². The summed E-state index contributed by atoms with van der Waals surface area (Å²) in [5.41, 5.74) is 4.56. The number of benzene rings is 3. The van der Waals surface area contributed by atoms with E-state index in [-0.39, 0.29) is 20.1 Å².